The van der Waals surface area contributed by atoms with Crippen molar-refractivity contribution in [3.63, 3.8) is 0 Å². The van der Waals surface area contributed by atoms with E-state index in [1.807, 2.05) is 42.5 Å². The summed E-state index contributed by atoms with van der Waals surface area (Å²) in [7, 11) is 0. The van der Waals surface area contributed by atoms with Crippen LogP contribution in [0.15, 0.2) is 102 Å². The van der Waals surface area contributed by atoms with Crippen molar-refractivity contribution in [1.82, 2.24) is 5.43 Å². The Morgan fingerprint density at radius 3 is 2.25 bits per heavy atom. The van der Waals surface area contributed by atoms with E-state index in [1.165, 1.54) is 36.5 Å². The average Bonchev–Trinajstić information content (AvgIpc) is 2.98. The molecule has 0 spiro atoms. The van der Waals surface area contributed by atoms with Crippen molar-refractivity contribution in [2.24, 2.45) is 5.10 Å². The summed E-state index contributed by atoms with van der Waals surface area (Å²) in [6.07, 6.45) is 1.41. The number of amides is 1. The summed E-state index contributed by atoms with van der Waals surface area (Å²) in [5.41, 5.74) is 5.13. The van der Waals surface area contributed by atoms with Crippen molar-refractivity contribution in [3.8, 4) is 28.4 Å². The van der Waals surface area contributed by atoms with E-state index in [9.17, 15) is 19.7 Å². The van der Waals surface area contributed by atoms with Gasteiger partial charge in [0.15, 0.2) is 18.1 Å². The molecule has 0 aliphatic carbocycles. The van der Waals surface area contributed by atoms with Gasteiger partial charge in [-0.1, -0.05) is 42.5 Å². The molecule has 0 atom stereocenters. The van der Waals surface area contributed by atoms with E-state index < -0.39 is 16.8 Å². The standard InChI is InChI=1S/C30H25N3O7/c1-2-38-28-18-21(8-17-27(28)40-30(35)24-9-13-25(14-10-24)33(36)37)19-31-32-29(34)20-39-26-15-11-23(12-16-26)22-6-4-3-5-7-22/h3-19H,2,20H2,1H3,(H,32,34)/b31-19+. The second-order valence-corrected chi connectivity index (χ2v) is 8.30. The highest BCUT2D eigenvalue weighted by molar-refractivity contribution is 5.92. The number of hydrogen-bond acceptors (Lipinski definition) is 8. The number of nitrogens with zero attached hydrogens (tertiary/aromatic N) is 2. The van der Waals surface area contributed by atoms with Crippen LogP contribution in [0.2, 0.25) is 0 Å². The number of benzene rings is 4. The average molecular weight is 540 g/mol. The van der Waals surface area contributed by atoms with Gasteiger partial charge in [-0.2, -0.15) is 5.10 Å². The van der Waals surface area contributed by atoms with Crippen LogP contribution in [-0.2, 0) is 4.79 Å². The first-order valence-electron chi connectivity index (χ1n) is 12.3. The molecule has 0 fully saturated rings. The Morgan fingerprint density at radius 1 is 0.875 bits per heavy atom. The van der Waals surface area contributed by atoms with Gasteiger partial charge in [0.25, 0.3) is 11.6 Å². The summed E-state index contributed by atoms with van der Waals surface area (Å²) in [6.45, 7) is 1.87. The van der Waals surface area contributed by atoms with Gasteiger partial charge in [0, 0.05) is 12.1 Å². The zero-order valence-corrected chi connectivity index (χ0v) is 21.5. The van der Waals surface area contributed by atoms with Crippen molar-refractivity contribution in [1.29, 1.82) is 0 Å². The number of ether oxygens (including phenoxy) is 3. The molecule has 4 rings (SSSR count). The lowest BCUT2D eigenvalue weighted by Gasteiger charge is -2.11. The first-order chi connectivity index (χ1) is 19.4. The van der Waals surface area contributed by atoms with Crippen molar-refractivity contribution < 1.29 is 28.7 Å². The molecule has 1 amide bonds. The molecule has 4 aromatic carbocycles. The summed E-state index contributed by atoms with van der Waals surface area (Å²) >= 11 is 0. The van der Waals surface area contributed by atoms with Crippen LogP contribution in [0.4, 0.5) is 5.69 Å². The Kier molecular flexibility index (Phi) is 9.17. The lowest BCUT2D eigenvalue weighted by Crippen LogP contribution is -2.24. The van der Waals surface area contributed by atoms with E-state index in [0.717, 1.165) is 11.1 Å². The third kappa shape index (κ3) is 7.51. The maximum Gasteiger partial charge on any atom is 0.343 e. The summed E-state index contributed by atoms with van der Waals surface area (Å²) in [5, 5.41) is 14.8. The zero-order valence-electron chi connectivity index (χ0n) is 21.5. The van der Waals surface area contributed by atoms with Crippen LogP contribution in [0.5, 0.6) is 17.2 Å². The van der Waals surface area contributed by atoms with Gasteiger partial charge in [0.2, 0.25) is 0 Å². The number of hydrazone groups is 1. The minimum Gasteiger partial charge on any atom is -0.490 e. The second kappa shape index (κ2) is 13.3. The van der Waals surface area contributed by atoms with E-state index in [4.69, 9.17) is 14.2 Å². The SMILES string of the molecule is CCOc1cc(/C=N/NC(=O)COc2ccc(-c3ccccc3)cc2)ccc1OC(=O)c1ccc([N+](=O)[O-])cc1. The van der Waals surface area contributed by atoms with E-state index in [2.05, 4.69) is 10.5 Å². The van der Waals surface area contributed by atoms with Crippen LogP contribution in [0.1, 0.15) is 22.8 Å². The molecule has 0 radical (unpaired) electrons. The lowest BCUT2D eigenvalue weighted by atomic mass is 10.1. The molecule has 0 unspecified atom stereocenters. The molecule has 0 aromatic heterocycles. The molecular weight excluding hydrogens is 514 g/mol. The third-order valence-corrected chi connectivity index (χ3v) is 5.52. The number of hydrogen-bond donors (Lipinski definition) is 1. The Bertz CT molecular complexity index is 1500. The maximum atomic E-state index is 12.5. The number of nitro benzene ring substituents is 1. The monoisotopic (exact) mass is 539 g/mol. The van der Waals surface area contributed by atoms with Crippen LogP contribution < -0.4 is 19.6 Å². The molecule has 1 N–H and O–H groups in total. The summed E-state index contributed by atoms with van der Waals surface area (Å²) < 4.78 is 16.5. The fraction of sp³-hybridized carbons (Fsp3) is 0.100. The maximum absolute atomic E-state index is 12.5. The van der Waals surface area contributed by atoms with Gasteiger partial charge in [0.1, 0.15) is 5.75 Å². The number of non-ortho nitro benzene ring substituents is 1. The van der Waals surface area contributed by atoms with Crippen LogP contribution in [0, 0.1) is 10.1 Å². The molecule has 40 heavy (non-hydrogen) atoms. The number of carbonyl (C=O) groups is 2. The minimum absolute atomic E-state index is 0.133. The van der Waals surface area contributed by atoms with Gasteiger partial charge in [-0.3, -0.25) is 14.9 Å². The molecule has 0 heterocycles. The zero-order chi connectivity index (χ0) is 28.3. The van der Waals surface area contributed by atoms with Gasteiger partial charge in [-0.05, 0) is 66.1 Å². The van der Waals surface area contributed by atoms with Crippen LogP contribution in [0.25, 0.3) is 11.1 Å². The lowest BCUT2D eigenvalue weighted by molar-refractivity contribution is -0.384. The summed E-state index contributed by atoms with van der Waals surface area (Å²) in [6, 6.07) is 27.2. The molecular formula is C30H25N3O7. The number of nitro groups is 1. The van der Waals surface area contributed by atoms with Crippen LogP contribution in [0.3, 0.4) is 0 Å². The number of carbonyl (C=O) groups excluding carboxylic acids is 2. The minimum atomic E-state index is -0.695. The number of esters is 1. The van der Waals surface area contributed by atoms with Crippen LogP contribution >= 0.6 is 0 Å². The fourth-order valence-electron chi connectivity index (χ4n) is 3.57. The second-order valence-electron chi connectivity index (χ2n) is 8.30. The predicted molar refractivity (Wildman–Crippen MR) is 149 cm³/mol. The number of rotatable bonds is 11. The van der Waals surface area contributed by atoms with Gasteiger partial charge in [-0.15, -0.1) is 0 Å². The van der Waals surface area contributed by atoms with E-state index >= 15 is 0 Å². The van der Waals surface area contributed by atoms with Crippen molar-refractivity contribution in [3.05, 3.63) is 118 Å². The molecule has 0 aliphatic rings. The topological polar surface area (TPSA) is 129 Å². The Balaban J connectivity index is 1.31. The van der Waals surface area contributed by atoms with Gasteiger partial charge in [0.05, 0.1) is 23.3 Å². The van der Waals surface area contributed by atoms with E-state index in [0.29, 0.717) is 17.9 Å². The van der Waals surface area contributed by atoms with E-state index in [-0.39, 0.29) is 29.4 Å². The molecule has 0 bridgehead atoms. The van der Waals surface area contributed by atoms with Crippen molar-refractivity contribution >= 4 is 23.8 Å². The predicted octanol–water partition coefficient (Wildman–Crippen LogP) is 5.41. The molecule has 0 saturated heterocycles. The Morgan fingerprint density at radius 2 is 1.57 bits per heavy atom. The van der Waals surface area contributed by atoms with Gasteiger partial charge < -0.3 is 14.2 Å². The molecule has 0 saturated carbocycles. The Labute approximate surface area is 230 Å². The first-order valence-corrected chi connectivity index (χ1v) is 12.3. The highest BCUT2D eigenvalue weighted by Gasteiger charge is 2.15. The van der Waals surface area contributed by atoms with Crippen molar-refractivity contribution in [2.45, 2.75) is 6.92 Å². The van der Waals surface area contributed by atoms with Gasteiger partial charge >= 0.3 is 5.97 Å². The fourth-order valence-corrected chi connectivity index (χ4v) is 3.57. The molecule has 4 aromatic rings. The van der Waals surface area contributed by atoms with Crippen LogP contribution in [-0.4, -0.2) is 36.2 Å². The molecule has 202 valence electrons. The van der Waals surface area contributed by atoms with Gasteiger partial charge in [-0.25, -0.2) is 10.2 Å². The summed E-state index contributed by atoms with van der Waals surface area (Å²) in [4.78, 5) is 34.9. The van der Waals surface area contributed by atoms with E-state index in [1.54, 1.807) is 31.2 Å². The third-order valence-electron chi connectivity index (χ3n) is 5.52. The summed E-state index contributed by atoms with van der Waals surface area (Å²) in [5.74, 6) is -0.131. The first kappa shape index (κ1) is 27.5. The molecule has 10 nitrogen and oxygen atoms in total. The smallest absolute Gasteiger partial charge is 0.343 e. The molecule has 10 heteroatoms. The van der Waals surface area contributed by atoms with Crippen molar-refractivity contribution in [2.75, 3.05) is 13.2 Å². The normalized spacial score (nSPS) is 10.6. The Hall–Kier alpha value is -5.51. The largest absolute Gasteiger partial charge is 0.490 e. The molecule has 0 aliphatic heterocycles. The highest BCUT2D eigenvalue weighted by Crippen LogP contribution is 2.29. The highest BCUT2D eigenvalue weighted by atomic mass is 16.6. The number of nitrogens with one attached hydrogen (secondary N) is 1. The quantitative estimate of drug-likeness (QED) is 0.0887.